The Morgan fingerprint density at radius 3 is 2.04 bits per heavy atom. The largest absolute Gasteiger partial charge is 0.458 e. The number of rotatable bonds is 2. The van der Waals surface area contributed by atoms with E-state index in [0.29, 0.717) is 24.5 Å². The van der Waals surface area contributed by atoms with E-state index in [4.69, 9.17) is 11.6 Å². The highest BCUT2D eigenvalue weighted by molar-refractivity contribution is 6.33. The summed E-state index contributed by atoms with van der Waals surface area (Å²) in [6, 6.07) is 1.09. The SMILES string of the molecule is Cn1c(-c2ncc(C(F)(F)F)cc2Cl)nc2cc(C(F)(F)C(F)(F)F)cnc21. The number of hydrogen-bond donors (Lipinski definition) is 0. The van der Waals surface area contributed by atoms with Crippen LogP contribution in [-0.2, 0) is 19.1 Å². The van der Waals surface area contributed by atoms with Gasteiger partial charge in [0.05, 0.1) is 16.1 Å². The molecule has 0 aromatic carbocycles. The van der Waals surface area contributed by atoms with Crippen LogP contribution in [0.15, 0.2) is 24.5 Å². The van der Waals surface area contributed by atoms with E-state index in [0.717, 1.165) is 4.57 Å². The summed E-state index contributed by atoms with van der Waals surface area (Å²) in [5.74, 6) is -5.32. The van der Waals surface area contributed by atoms with Gasteiger partial charge in [0, 0.05) is 19.4 Å². The molecule has 3 rings (SSSR count). The molecule has 0 aliphatic heterocycles. The summed E-state index contributed by atoms with van der Waals surface area (Å²) in [5, 5.41) is -0.436. The first-order chi connectivity index (χ1) is 12.7. The van der Waals surface area contributed by atoms with Crippen LogP contribution in [0.2, 0.25) is 5.02 Å². The van der Waals surface area contributed by atoms with Gasteiger partial charge in [-0.25, -0.2) is 9.97 Å². The molecule has 0 fully saturated rings. The number of fused-ring (bicyclic) bond motifs is 1. The highest BCUT2D eigenvalue weighted by Gasteiger charge is 2.59. The summed E-state index contributed by atoms with van der Waals surface area (Å²) in [4.78, 5) is 11.0. The van der Waals surface area contributed by atoms with Crippen LogP contribution >= 0.6 is 11.6 Å². The van der Waals surface area contributed by atoms with E-state index < -0.39 is 34.4 Å². The molecule has 0 spiro atoms. The lowest BCUT2D eigenvalue weighted by atomic mass is 10.1. The van der Waals surface area contributed by atoms with Gasteiger partial charge in [-0.05, 0) is 12.1 Å². The van der Waals surface area contributed by atoms with E-state index in [1.165, 1.54) is 7.05 Å². The van der Waals surface area contributed by atoms with E-state index in [-0.39, 0.29) is 22.7 Å². The quantitative estimate of drug-likeness (QED) is 0.514. The molecule has 0 N–H and O–H groups in total. The third-order valence-electron chi connectivity index (χ3n) is 3.81. The molecule has 0 amide bonds. The maximum Gasteiger partial charge on any atom is 0.458 e. The molecule has 0 atom stereocenters. The van der Waals surface area contributed by atoms with E-state index in [2.05, 4.69) is 15.0 Å². The van der Waals surface area contributed by atoms with Crippen molar-refractivity contribution in [2.24, 2.45) is 7.05 Å². The lowest BCUT2D eigenvalue weighted by Crippen LogP contribution is -2.33. The van der Waals surface area contributed by atoms with E-state index in [1.807, 2.05) is 0 Å². The van der Waals surface area contributed by atoms with Crippen LogP contribution in [0.25, 0.3) is 22.7 Å². The second-order valence-corrected chi connectivity index (χ2v) is 6.09. The van der Waals surface area contributed by atoms with Gasteiger partial charge in [0.15, 0.2) is 11.5 Å². The monoisotopic (exact) mass is 430 g/mol. The second kappa shape index (κ2) is 6.26. The summed E-state index contributed by atoms with van der Waals surface area (Å²) in [5.41, 5.74) is -3.20. The normalized spacial score (nSPS) is 13.4. The van der Waals surface area contributed by atoms with Crippen LogP contribution in [0.3, 0.4) is 0 Å². The van der Waals surface area contributed by atoms with Crippen molar-refractivity contribution in [2.75, 3.05) is 0 Å². The number of aromatic nitrogens is 4. The van der Waals surface area contributed by atoms with Gasteiger partial charge in [0.25, 0.3) is 0 Å². The average Bonchev–Trinajstić information content (AvgIpc) is 2.89. The van der Waals surface area contributed by atoms with E-state index in [9.17, 15) is 35.1 Å². The number of alkyl halides is 8. The Balaban J connectivity index is 2.13. The minimum absolute atomic E-state index is 0.0884. The summed E-state index contributed by atoms with van der Waals surface area (Å²) in [7, 11) is 1.33. The van der Waals surface area contributed by atoms with Crippen LogP contribution in [0.4, 0.5) is 35.1 Å². The molecule has 28 heavy (non-hydrogen) atoms. The van der Waals surface area contributed by atoms with Crippen LogP contribution in [0.1, 0.15) is 11.1 Å². The van der Waals surface area contributed by atoms with Gasteiger partial charge in [-0.15, -0.1) is 0 Å². The Kier molecular flexibility index (Phi) is 4.52. The topological polar surface area (TPSA) is 43.6 Å². The van der Waals surface area contributed by atoms with E-state index in [1.54, 1.807) is 0 Å². The summed E-state index contributed by atoms with van der Waals surface area (Å²) >= 11 is 5.83. The Hall–Kier alpha value is -2.50. The number of pyridine rings is 2. The first-order valence-electron chi connectivity index (χ1n) is 7.24. The lowest BCUT2D eigenvalue weighted by molar-refractivity contribution is -0.289. The third-order valence-corrected chi connectivity index (χ3v) is 4.10. The van der Waals surface area contributed by atoms with Crippen molar-refractivity contribution < 1.29 is 35.1 Å². The Morgan fingerprint density at radius 1 is 0.893 bits per heavy atom. The van der Waals surface area contributed by atoms with Crippen molar-refractivity contribution >= 4 is 22.8 Å². The number of imidazole rings is 1. The van der Waals surface area contributed by atoms with E-state index >= 15 is 0 Å². The van der Waals surface area contributed by atoms with Gasteiger partial charge in [-0.3, -0.25) is 4.98 Å². The van der Waals surface area contributed by atoms with Crippen LogP contribution in [0, 0.1) is 0 Å². The van der Waals surface area contributed by atoms with Gasteiger partial charge in [0.1, 0.15) is 11.2 Å². The first-order valence-corrected chi connectivity index (χ1v) is 7.62. The van der Waals surface area contributed by atoms with Crippen molar-refractivity contribution in [3.63, 3.8) is 0 Å². The number of nitrogens with zero attached hydrogens (tertiary/aromatic N) is 4. The maximum absolute atomic E-state index is 13.5. The number of aryl methyl sites for hydroxylation is 1. The molecule has 0 radical (unpaired) electrons. The van der Waals surface area contributed by atoms with Crippen LogP contribution in [-0.4, -0.2) is 25.7 Å². The molecule has 0 aliphatic carbocycles. The highest BCUT2D eigenvalue weighted by Crippen LogP contribution is 2.44. The molecule has 3 heterocycles. The van der Waals surface area contributed by atoms with Gasteiger partial charge < -0.3 is 4.57 Å². The Bertz CT molecular complexity index is 1050. The molecule has 3 aromatic rings. The fourth-order valence-corrected chi connectivity index (χ4v) is 2.63. The fourth-order valence-electron chi connectivity index (χ4n) is 2.38. The molecular formula is C15H7ClF8N4. The van der Waals surface area contributed by atoms with Crippen molar-refractivity contribution in [3.05, 3.63) is 40.7 Å². The Morgan fingerprint density at radius 2 is 1.50 bits per heavy atom. The number of hydrogen-bond acceptors (Lipinski definition) is 3. The van der Waals surface area contributed by atoms with Crippen molar-refractivity contribution in [3.8, 4) is 11.5 Å². The molecule has 0 saturated carbocycles. The van der Waals surface area contributed by atoms with Gasteiger partial charge in [-0.1, -0.05) is 11.6 Å². The van der Waals surface area contributed by atoms with Gasteiger partial charge in [-0.2, -0.15) is 35.1 Å². The molecular weight excluding hydrogens is 424 g/mol. The molecule has 0 unspecified atom stereocenters. The first kappa shape index (κ1) is 20.2. The van der Waals surface area contributed by atoms with Gasteiger partial charge in [0.2, 0.25) is 0 Å². The molecule has 4 nitrogen and oxygen atoms in total. The molecule has 150 valence electrons. The second-order valence-electron chi connectivity index (χ2n) is 5.69. The average molecular weight is 431 g/mol. The predicted octanol–water partition coefficient (Wildman–Crippen LogP) is 5.36. The summed E-state index contributed by atoms with van der Waals surface area (Å²) < 4.78 is 104. The van der Waals surface area contributed by atoms with Crippen molar-refractivity contribution in [2.45, 2.75) is 18.3 Å². The van der Waals surface area contributed by atoms with Crippen LogP contribution < -0.4 is 0 Å². The van der Waals surface area contributed by atoms with Crippen LogP contribution in [0.5, 0.6) is 0 Å². The zero-order valence-electron chi connectivity index (χ0n) is 13.5. The maximum atomic E-state index is 13.5. The fraction of sp³-hybridized carbons (Fsp3) is 0.267. The molecule has 0 saturated heterocycles. The molecule has 0 aliphatic rings. The lowest BCUT2D eigenvalue weighted by Gasteiger charge is -2.19. The zero-order chi connectivity index (χ0) is 21.1. The molecule has 0 bridgehead atoms. The zero-order valence-corrected chi connectivity index (χ0v) is 14.3. The number of halogens is 9. The highest BCUT2D eigenvalue weighted by atomic mass is 35.5. The van der Waals surface area contributed by atoms with Gasteiger partial charge >= 0.3 is 18.3 Å². The molecule has 13 heteroatoms. The third kappa shape index (κ3) is 3.25. The molecule has 3 aromatic heterocycles. The Labute approximate surface area is 155 Å². The standard InChI is InChI=1S/C15H7ClF8N4/c1-28-11-9(3-6(4-26-11)13(17,18)15(22,23)24)27-12(28)10-8(16)2-7(5-25-10)14(19,20)21/h2-5H,1H3. The predicted molar refractivity (Wildman–Crippen MR) is 81.7 cm³/mol. The minimum atomic E-state index is -5.84. The summed E-state index contributed by atoms with van der Waals surface area (Å²) in [6.45, 7) is 0. The smallest absolute Gasteiger partial charge is 0.310 e. The minimum Gasteiger partial charge on any atom is -0.310 e. The summed E-state index contributed by atoms with van der Waals surface area (Å²) in [6.07, 6.45) is -9.68. The van der Waals surface area contributed by atoms with Crippen molar-refractivity contribution in [1.29, 1.82) is 0 Å². The van der Waals surface area contributed by atoms with Crippen molar-refractivity contribution in [1.82, 2.24) is 19.5 Å².